The van der Waals surface area contributed by atoms with Gasteiger partial charge in [-0.05, 0) is 42.7 Å². The maximum atomic E-state index is 5.69. The van der Waals surface area contributed by atoms with Gasteiger partial charge in [0.05, 0.1) is 6.10 Å². The van der Waals surface area contributed by atoms with Crippen LogP contribution in [0.15, 0.2) is 11.4 Å². The average molecular weight is 239 g/mol. The molecule has 1 saturated heterocycles. The smallest absolute Gasteiger partial charge is 0.0699 e. The standard InChI is InChI=1S/C13H21NOS/c1-2-11-6-8-16-13(11)10-14-9-12-5-3-4-7-15-12/h6,8,12,14H,2-5,7,9-10H2,1H3. The Balaban J connectivity index is 1.71. The molecule has 0 bridgehead atoms. The normalized spacial score (nSPS) is 21.2. The van der Waals surface area contributed by atoms with Crippen LogP contribution in [-0.4, -0.2) is 19.3 Å². The van der Waals surface area contributed by atoms with E-state index in [0.29, 0.717) is 6.10 Å². The number of thiophene rings is 1. The Morgan fingerprint density at radius 3 is 3.19 bits per heavy atom. The molecule has 1 aromatic heterocycles. The van der Waals surface area contributed by atoms with Gasteiger partial charge in [0.25, 0.3) is 0 Å². The predicted molar refractivity (Wildman–Crippen MR) is 69.0 cm³/mol. The molecule has 0 aromatic carbocycles. The first-order chi connectivity index (χ1) is 7.90. The summed E-state index contributed by atoms with van der Waals surface area (Å²) < 4.78 is 5.69. The first-order valence-corrected chi connectivity index (χ1v) is 7.15. The average Bonchev–Trinajstić information content (AvgIpc) is 2.78. The molecule has 2 nitrogen and oxygen atoms in total. The molecule has 1 unspecified atom stereocenters. The number of nitrogens with one attached hydrogen (secondary N) is 1. The van der Waals surface area contributed by atoms with Crippen LogP contribution in [0.3, 0.4) is 0 Å². The third-order valence-corrected chi connectivity index (χ3v) is 4.11. The Morgan fingerprint density at radius 1 is 1.50 bits per heavy atom. The number of aryl methyl sites for hydroxylation is 1. The van der Waals surface area contributed by atoms with Gasteiger partial charge in [-0.15, -0.1) is 11.3 Å². The lowest BCUT2D eigenvalue weighted by Gasteiger charge is -2.22. The molecule has 0 aliphatic carbocycles. The van der Waals surface area contributed by atoms with Gasteiger partial charge < -0.3 is 10.1 Å². The molecule has 1 fully saturated rings. The number of hydrogen-bond acceptors (Lipinski definition) is 3. The van der Waals surface area contributed by atoms with E-state index in [-0.39, 0.29) is 0 Å². The van der Waals surface area contributed by atoms with Gasteiger partial charge in [-0.25, -0.2) is 0 Å². The minimum atomic E-state index is 0.443. The maximum Gasteiger partial charge on any atom is 0.0699 e. The number of rotatable bonds is 5. The summed E-state index contributed by atoms with van der Waals surface area (Å²) in [7, 11) is 0. The molecule has 0 radical (unpaired) electrons. The van der Waals surface area contributed by atoms with Gasteiger partial charge >= 0.3 is 0 Å². The van der Waals surface area contributed by atoms with Crippen LogP contribution in [0.2, 0.25) is 0 Å². The van der Waals surface area contributed by atoms with E-state index >= 15 is 0 Å². The van der Waals surface area contributed by atoms with Crippen LogP contribution in [0, 0.1) is 0 Å². The van der Waals surface area contributed by atoms with E-state index in [4.69, 9.17) is 4.74 Å². The first-order valence-electron chi connectivity index (χ1n) is 6.27. The van der Waals surface area contributed by atoms with E-state index in [2.05, 4.69) is 23.7 Å². The van der Waals surface area contributed by atoms with Crippen molar-refractivity contribution in [3.63, 3.8) is 0 Å². The van der Waals surface area contributed by atoms with Gasteiger partial charge in [-0.3, -0.25) is 0 Å². The fourth-order valence-corrected chi connectivity index (χ4v) is 3.10. The van der Waals surface area contributed by atoms with Crippen molar-refractivity contribution >= 4 is 11.3 Å². The monoisotopic (exact) mass is 239 g/mol. The molecule has 2 rings (SSSR count). The predicted octanol–water partition coefficient (Wildman–Crippen LogP) is 2.97. The summed E-state index contributed by atoms with van der Waals surface area (Å²) in [5, 5.41) is 5.71. The van der Waals surface area contributed by atoms with Gasteiger partial charge in [0.1, 0.15) is 0 Å². The van der Waals surface area contributed by atoms with Gasteiger partial charge in [-0.1, -0.05) is 6.92 Å². The highest BCUT2D eigenvalue weighted by molar-refractivity contribution is 7.10. The molecule has 1 aliphatic heterocycles. The van der Waals surface area contributed by atoms with Crippen molar-refractivity contribution in [1.82, 2.24) is 5.32 Å². The fraction of sp³-hybridized carbons (Fsp3) is 0.692. The van der Waals surface area contributed by atoms with Crippen LogP contribution in [-0.2, 0) is 17.7 Å². The fourth-order valence-electron chi connectivity index (χ4n) is 2.15. The van der Waals surface area contributed by atoms with Crippen LogP contribution in [0.1, 0.15) is 36.6 Å². The largest absolute Gasteiger partial charge is 0.377 e. The van der Waals surface area contributed by atoms with E-state index in [1.165, 1.54) is 29.7 Å². The minimum absolute atomic E-state index is 0.443. The van der Waals surface area contributed by atoms with Crippen molar-refractivity contribution in [3.8, 4) is 0 Å². The number of ether oxygens (including phenoxy) is 1. The van der Waals surface area contributed by atoms with Crippen LogP contribution < -0.4 is 5.32 Å². The van der Waals surface area contributed by atoms with Gasteiger partial charge in [0.15, 0.2) is 0 Å². The zero-order valence-corrected chi connectivity index (χ0v) is 10.8. The third kappa shape index (κ3) is 3.30. The van der Waals surface area contributed by atoms with Gasteiger partial charge in [-0.2, -0.15) is 0 Å². The number of hydrogen-bond donors (Lipinski definition) is 1. The molecule has 90 valence electrons. The molecule has 1 aromatic rings. The molecule has 16 heavy (non-hydrogen) atoms. The lowest BCUT2D eigenvalue weighted by Crippen LogP contribution is -2.31. The second kappa shape index (κ2) is 6.38. The molecular formula is C13H21NOS. The lowest BCUT2D eigenvalue weighted by molar-refractivity contribution is 0.0168. The first kappa shape index (κ1) is 12.1. The van der Waals surface area contributed by atoms with E-state index < -0.39 is 0 Å². The third-order valence-electron chi connectivity index (χ3n) is 3.15. The maximum absolute atomic E-state index is 5.69. The highest BCUT2D eigenvalue weighted by atomic mass is 32.1. The van der Waals surface area contributed by atoms with Crippen LogP contribution in [0.4, 0.5) is 0 Å². The molecule has 0 amide bonds. The molecule has 1 aliphatic rings. The summed E-state index contributed by atoms with van der Waals surface area (Å²) in [5.74, 6) is 0. The van der Waals surface area contributed by atoms with Crippen LogP contribution in [0.5, 0.6) is 0 Å². The van der Waals surface area contributed by atoms with Crippen molar-refractivity contribution in [3.05, 3.63) is 21.9 Å². The van der Waals surface area contributed by atoms with Crippen LogP contribution in [0.25, 0.3) is 0 Å². The SMILES string of the molecule is CCc1ccsc1CNCC1CCCCO1. The zero-order valence-electron chi connectivity index (χ0n) is 10.00. The van der Waals surface area contributed by atoms with Crippen LogP contribution >= 0.6 is 11.3 Å². The van der Waals surface area contributed by atoms with E-state index in [0.717, 1.165) is 26.1 Å². The summed E-state index contributed by atoms with van der Waals surface area (Å²) in [4.78, 5) is 1.48. The van der Waals surface area contributed by atoms with E-state index in [1.54, 1.807) is 0 Å². The minimum Gasteiger partial charge on any atom is -0.377 e. The Bertz CT molecular complexity index is 305. The highest BCUT2D eigenvalue weighted by Crippen LogP contribution is 2.17. The molecular weight excluding hydrogens is 218 g/mol. The Labute approximate surface area is 102 Å². The van der Waals surface area contributed by atoms with Crippen molar-refractivity contribution in [2.75, 3.05) is 13.2 Å². The second-order valence-electron chi connectivity index (χ2n) is 4.34. The molecule has 3 heteroatoms. The van der Waals surface area contributed by atoms with Crippen molar-refractivity contribution in [1.29, 1.82) is 0 Å². The highest BCUT2D eigenvalue weighted by Gasteiger charge is 2.13. The summed E-state index contributed by atoms with van der Waals surface area (Å²) in [6, 6.07) is 2.23. The van der Waals surface area contributed by atoms with Gasteiger partial charge in [0, 0.05) is 24.6 Å². The van der Waals surface area contributed by atoms with Crippen molar-refractivity contribution < 1.29 is 4.74 Å². The quantitative estimate of drug-likeness (QED) is 0.853. The lowest BCUT2D eigenvalue weighted by atomic mass is 10.1. The Morgan fingerprint density at radius 2 is 2.44 bits per heavy atom. The summed E-state index contributed by atoms with van der Waals surface area (Å²) in [6.45, 7) is 5.17. The molecule has 0 saturated carbocycles. The molecule has 2 heterocycles. The Kier molecular flexibility index (Phi) is 4.82. The van der Waals surface area contributed by atoms with E-state index in [1.807, 2.05) is 11.3 Å². The Hall–Kier alpha value is -0.380. The zero-order chi connectivity index (χ0) is 11.2. The van der Waals surface area contributed by atoms with E-state index in [9.17, 15) is 0 Å². The van der Waals surface area contributed by atoms with Crippen molar-refractivity contribution in [2.24, 2.45) is 0 Å². The van der Waals surface area contributed by atoms with Gasteiger partial charge in [0.2, 0.25) is 0 Å². The molecule has 1 atom stereocenters. The summed E-state index contributed by atoms with van der Waals surface area (Å²) in [5.41, 5.74) is 1.49. The topological polar surface area (TPSA) is 21.3 Å². The second-order valence-corrected chi connectivity index (χ2v) is 5.34. The molecule has 1 N–H and O–H groups in total. The summed E-state index contributed by atoms with van der Waals surface area (Å²) in [6.07, 6.45) is 5.37. The summed E-state index contributed by atoms with van der Waals surface area (Å²) >= 11 is 1.86. The molecule has 0 spiro atoms. The van der Waals surface area contributed by atoms with Crippen molar-refractivity contribution in [2.45, 2.75) is 45.3 Å².